The van der Waals surface area contributed by atoms with Crippen molar-refractivity contribution in [3.63, 3.8) is 0 Å². The standard InChI is InChI=1S/C16H22ClFN2/c1-11-8-19-16(2,13-4-5-13)10-20(11)9-12-3-6-14(17)15(18)7-12/h3,6-7,11,13,19H,4-5,8-10H2,1-2H3. The van der Waals surface area contributed by atoms with E-state index >= 15 is 0 Å². The molecule has 4 heteroatoms. The molecule has 1 aliphatic carbocycles. The molecule has 110 valence electrons. The van der Waals surface area contributed by atoms with Gasteiger partial charge in [-0.25, -0.2) is 4.39 Å². The van der Waals surface area contributed by atoms with E-state index in [2.05, 4.69) is 24.1 Å². The molecule has 2 nitrogen and oxygen atoms in total. The van der Waals surface area contributed by atoms with E-state index in [9.17, 15) is 4.39 Å². The molecule has 0 bridgehead atoms. The van der Waals surface area contributed by atoms with Crippen LogP contribution in [0.2, 0.25) is 5.02 Å². The molecule has 1 aromatic rings. The smallest absolute Gasteiger partial charge is 0.142 e. The number of nitrogens with zero attached hydrogens (tertiary/aromatic N) is 1. The highest BCUT2D eigenvalue weighted by atomic mass is 35.5. The van der Waals surface area contributed by atoms with Gasteiger partial charge in [0.25, 0.3) is 0 Å². The van der Waals surface area contributed by atoms with Crippen LogP contribution in [0.4, 0.5) is 4.39 Å². The van der Waals surface area contributed by atoms with Gasteiger partial charge in [-0.2, -0.15) is 0 Å². The Bertz CT molecular complexity index is 503. The van der Waals surface area contributed by atoms with Crippen LogP contribution in [0.25, 0.3) is 0 Å². The van der Waals surface area contributed by atoms with Crippen molar-refractivity contribution in [2.24, 2.45) is 5.92 Å². The lowest BCUT2D eigenvalue weighted by Gasteiger charge is -2.45. The van der Waals surface area contributed by atoms with Crippen LogP contribution in [-0.2, 0) is 6.54 Å². The van der Waals surface area contributed by atoms with E-state index in [-0.39, 0.29) is 16.4 Å². The number of rotatable bonds is 3. The Labute approximate surface area is 125 Å². The molecule has 2 aliphatic rings. The lowest BCUT2D eigenvalue weighted by Crippen LogP contribution is -2.62. The Balaban J connectivity index is 1.72. The topological polar surface area (TPSA) is 15.3 Å². The van der Waals surface area contributed by atoms with Crippen molar-refractivity contribution in [1.82, 2.24) is 10.2 Å². The number of benzene rings is 1. The van der Waals surface area contributed by atoms with E-state index in [0.29, 0.717) is 6.04 Å². The minimum atomic E-state index is -0.322. The first-order valence-corrected chi connectivity index (χ1v) is 7.79. The molecule has 0 radical (unpaired) electrons. The second-order valence-electron chi connectivity index (χ2n) is 6.58. The van der Waals surface area contributed by atoms with Crippen LogP contribution in [0.3, 0.4) is 0 Å². The molecule has 2 fully saturated rings. The molecular formula is C16H22ClFN2. The van der Waals surface area contributed by atoms with Gasteiger partial charge in [0, 0.05) is 31.2 Å². The van der Waals surface area contributed by atoms with Crippen LogP contribution in [0.1, 0.15) is 32.3 Å². The monoisotopic (exact) mass is 296 g/mol. The summed E-state index contributed by atoms with van der Waals surface area (Å²) in [4.78, 5) is 2.46. The fraction of sp³-hybridized carbons (Fsp3) is 0.625. The fourth-order valence-electron chi connectivity index (χ4n) is 3.22. The quantitative estimate of drug-likeness (QED) is 0.919. The van der Waals surface area contributed by atoms with Gasteiger partial charge in [-0.3, -0.25) is 4.90 Å². The summed E-state index contributed by atoms with van der Waals surface area (Å²) in [6.07, 6.45) is 2.67. The number of hydrogen-bond acceptors (Lipinski definition) is 2. The predicted octanol–water partition coefficient (Wildman–Crippen LogP) is 3.44. The van der Waals surface area contributed by atoms with Gasteiger partial charge in [-0.05, 0) is 50.3 Å². The predicted molar refractivity (Wildman–Crippen MR) is 80.4 cm³/mol. The maximum absolute atomic E-state index is 13.6. The van der Waals surface area contributed by atoms with E-state index in [0.717, 1.165) is 31.1 Å². The molecule has 0 amide bonds. The Morgan fingerprint density at radius 1 is 1.45 bits per heavy atom. The summed E-state index contributed by atoms with van der Waals surface area (Å²) in [5.74, 6) is 0.483. The van der Waals surface area contributed by atoms with E-state index in [1.807, 2.05) is 6.07 Å². The van der Waals surface area contributed by atoms with Gasteiger partial charge < -0.3 is 5.32 Å². The molecule has 0 aromatic heterocycles. The lowest BCUT2D eigenvalue weighted by molar-refractivity contribution is 0.0769. The normalized spacial score (nSPS) is 31.5. The third-order valence-electron chi connectivity index (χ3n) is 4.80. The largest absolute Gasteiger partial charge is 0.308 e. The van der Waals surface area contributed by atoms with Crippen LogP contribution in [0.5, 0.6) is 0 Å². The summed E-state index contributed by atoms with van der Waals surface area (Å²) in [7, 11) is 0. The zero-order valence-corrected chi connectivity index (χ0v) is 12.9. The van der Waals surface area contributed by atoms with Gasteiger partial charge in [0.2, 0.25) is 0 Å². The van der Waals surface area contributed by atoms with Crippen LogP contribution < -0.4 is 5.32 Å². The number of halogens is 2. The third-order valence-corrected chi connectivity index (χ3v) is 5.11. The molecule has 1 N–H and O–H groups in total. The van der Waals surface area contributed by atoms with Gasteiger partial charge in [0.1, 0.15) is 5.82 Å². The Morgan fingerprint density at radius 3 is 2.85 bits per heavy atom. The number of piperazine rings is 1. The van der Waals surface area contributed by atoms with E-state index in [4.69, 9.17) is 11.6 Å². The Kier molecular flexibility index (Phi) is 3.78. The Hall–Kier alpha value is -0.640. The summed E-state index contributed by atoms with van der Waals surface area (Å²) in [6, 6.07) is 5.61. The molecule has 1 saturated carbocycles. The zero-order chi connectivity index (χ0) is 14.3. The van der Waals surface area contributed by atoms with Gasteiger partial charge in [-0.1, -0.05) is 17.7 Å². The maximum Gasteiger partial charge on any atom is 0.142 e. The van der Waals surface area contributed by atoms with E-state index < -0.39 is 0 Å². The van der Waals surface area contributed by atoms with Crippen molar-refractivity contribution >= 4 is 11.6 Å². The highest BCUT2D eigenvalue weighted by Gasteiger charge is 2.45. The summed E-state index contributed by atoms with van der Waals surface area (Å²) in [5.41, 5.74) is 1.22. The van der Waals surface area contributed by atoms with Gasteiger partial charge in [-0.15, -0.1) is 0 Å². The molecular weight excluding hydrogens is 275 g/mol. The first-order valence-electron chi connectivity index (χ1n) is 7.41. The SMILES string of the molecule is CC1CNC(C)(C2CC2)CN1Cc1ccc(Cl)c(F)c1. The average Bonchev–Trinajstić information content (AvgIpc) is 3.23. The molecule has 1 aromatic carbocycles. The second kappa shape index (κ2) is 5.28. The average molecular weight is 297 g/mol. The zero-order valence-electron chi connectivity index (χ0n) is 12.1. The third kappa shape index (κ3) is 2.85. The van der Waals surface area contributed by atoms with Crippen LogP contribution >= 0.6 is 11.6 Å². The van der Waals surface area contributed by atoms with E-state index in [1.54, 1.807) is 12.1 Å². The van der Waals surface area contributed by atoms with Crippen LogP contribution in [-0.4, -0.2) is 29.6 Å². The lowest BCUT2D eigenvalue weighted by atomic mass is 9.91. The van der Waals surface area contributed by atoms with Gasteiger partial charge in [0.05, 0.1) is 5.02 Å². The summed E-state index contributed by atoms with van der Waals surface area (Å²) < 4.78 is 13.6. The molecule has 1 aliphatic heterocycles. The van der Waals surface area contributed by atoms with Crippen molar-refractivity contribution in [3.05, 3.63) is 34.6 Å². The molecule has 1 heterocycles. The molecule has 2 unspecified atom stereocenters. The minimum Gasteiger partial charge on any atom is -0.308 e. The highest BCUT2D eigenvalue weighted by Crippen LogP contribution is 2.41. The summed E-state index contributed by atoms with van der Waals surface area (Å²) in [5, 5.41) is 3.91. The first kappa shape index (κ1) is 14.3. The van der Waals surface area contributed by atoms with Crippen molar-refractivity contribution in [1.29, 1.82) is 0 Å². The Morgan fingerprint density at radius 2 is 2.20 bits per heavy atom. The van der Waals surface area contributed by atoms with E-state index in [1.165, 1.54) is 12.8 Å². The molecule has 2 atom stereocenters. The maximum atomic E-state index is 13.6. The summed E-state index contributed by atoms with van der Waals surface area (Å²) in [6.45, 7) is 7.38. The van der Waals surface area contributed by atoms with Crippen LogP contribution in [0.15, 0.2) is 18.2 Å². The number of hydrogen-bond donors (Lipinski definition) is 1. The van der Waals surface area contributed by atoms with Crippen molar-refractivity contribution < 1.29 is 4.39 Å². The molecule has 1 saturated heterocycles. The second-order valence-corrected chi connectivity index (χ2v) is 6.98. The van der Waals surface area contributed by atoms with Crippen molar-refractivity contribution in [2.45, 2.75) is 44.8 Å². The van der Waals surface area contributed by atoms with Gasteiger partial charge >= 0.3 is 0 Å². The first-order chi connectivity index (χ1) is 9.48. The summed E-state index contributed by atoms with van der Waals surface area (Å²) >= 11 is 5.75. The van der Waals surface area contributed by atoms with Gasteiger partial charge in [0.15, 0.2) is 0 Å². The minimum absolute atomic E-state index is 0.199. The fourth-order valence-corrected chi connectivity index (χ4v) is 3.34. The van der Waals surface area contributed by atoms with Crippen molar-refractivity contribution in [2.75, 3.05) is 13.1 Å². The highest BCUT2D eigenvalue weighted by molar-refractivity contribution is 6.30. The van der Waals surface area contributed by atoms with Crippen LogP contribution in [0, 0.1) is 11.7 Å². The van der Waals surface area contributed by atoms with Crippen molar-refractivity contribution in [3.8, 4) is 0 Å². The molecule has 3 rings (SSSR count). The number of nitrogens with one attached hydrogen (secondary N) is 1. The molecule has 0 spiro atoms. The molecule has 20 heavy (non-hydrogen) atoms.